The van der Waals surface area contributed by atoms with Gasteiger partial charge in [-0.05, 0) is 53.6 Å². The van der Waals surface area contributed by atoms with E-state index >= 15 is 0 Å². The third-order valence-corrected chi connectivity index (χ3v) is 6.89. The van der Waals surface area contributed by atoms with Gasteiger partial charge >= 0.3 is 0 Å². The van der Waals surface area contributed by atoms with Crippen LogP contribution in [-0.2, 0) is 16.6 Å². The SMILES string of the molecule is O=S(=O)(NC(=NCc1cnc(-c2ccc(Cl)cc2)c(-c2ccc(Cl)cc2)c1)NO)c1ccccc1. The van der Waals surface area contributed by atoms with Gasteiger partial charge in [-0.25, -0.2) is 23.6 Å². The van der Waals surface area contributed by atoms with E-state index in [-0.39, 0.29) is 17.4 Å². The minimum Gasteiger partial charge on any atom is -0.288 e. The molecule has 0 aliphatic heterocycles. The smallest absolute Gasteiger partial charge is 0.264 e. The standard InChI is InChI=1S/C25H20Cl2N4O3S/c26-20-10-6-18(7-11-20)23-14-17(15-28-24(23)19-8-12-21(27)13-9-19)16-29-25(30-32)31-35(33,34)22-4-2-1-3-5-22/h1-15,32H,16H2,(H2,29,30,31). The Kier molecular flexibility index (Phi) is 7.67. The predicted molar refractivity (Wildman–Crippen MR) is 138 cm³/mol. The molecule has 0 amide bonds. The summed E-state index contributed by atoms with van der Waals surface area (Å²) in [4.78, 5) is 8.85. The highest BCUT2D eigenvalue weighted by Gasteiger charge is 2.16. The Morgan fingerprint density at radius 2 is 1.49 bits per heavy atom. The average Bonchev–Trinajstić information content (AvgIpc) is 2.88. The van der Waals surface area contributed by atoms with Crippen molar-refractivity contribution < 1.29 is 13.6 Å². The third kappa shape index (κ3) is 6.17. The second-order valence-electron chi connectivity index (χ2n) is 7.45. The largest absolute Gasteiger partial charge is 0.288 e. The number of rotatable bonds is 6. The number of guanidine groups is 1. The molecule has 0 fully saturated rings. The molecule has 4 aromatic rings. The van der Waals surface area contributed by atoms with Crippen LogP contribution in [0.3, 0.4) is 0 Å². The van der Waals surface area contributed by atoms with Crippen molar-refractivity contribution in [2.75, 3.05) is 0 Å². The molecule has 0 saturated heterocycles. The van der Waals surface area contributed by atoms with Crippen LogP contribution in [0.2, 0.25) is 10.0 Å². The van der Waals surface area contributed by atoms with Crippen molar-refractivity contribution in [2.24, 2.45) is 4.99 Å². The maximum atomic E-state index is 12.5. The molecule has 0 bridgehead atoms. The first kappa shape index (κ1) is 24.7. The lowest BCUT2D eigenvalue weighted by atomic mass is 9.98. The van der Waals surface area contributed by atoms with E-state index in [1.54, 1.807) is 54.1 Å². The topological polar surface area (TPSA) is 104 Å². The van der Waals surface area contributed by atoms with Gasteiger partial charge in [-0.15, -0.1) is 0 Å². The molecule has 0 spiro atoms. The van der Waals surface area contributed by atoms with Crippen molar-refractivity contribution in [3.63, 3.8) is 0 Å². The number of aromatic nitrogens is 1. The van der Waals surface area contributed by atoms with Crippen molar-refractivity contribution in [2.45, 2.75) is 11.4 Å². The van der Waals surface area contributed by atoms with Crippen molar-refractivity contribution in [1.82, 2.24) is 15.2 Å². The minimum atomic E-state index is -3.92. The number of nitrogens with one attached hydrogen (secondary N) is 2. The maximum absolute atomic E-state index is 12.5. The summed E-state index contributed by atoms with van der Waals surface area (Å²) < 4.78 is 27.3. The molecular weight excluding hydrogens is 507 g/mol. The summed E-state index contributed by atoms with van der Waals surface area (Å²) in [7, 11) is -3.92. The lowest BCUT2D eigenvalue weighted by Crippen LogP contribution is -2.39. The number of benzene rings is 3. The number of pyridine rings is 1. The minimum absolute atomic E-state index is 0.0435. The van der Waals surface area contributed by atoms with E-state index in [4.69, 9.17) is 23.2 Å². The highest BCUT2D eigenvalue weighted by Crippen LogP contribution is 2.32. The molecule has 35 heavy (non-hydrogen) atoms. The molecule has 10 heteroatoms. The fourth-order valence-electron chi connectivity index (χ4n) is 3.33. The fraction of sp³-hybridized carbons (Fsp3) is 0.0400. The molecule has 1 heterocycles. The number of halogens is 2. The zero-order valence-electron chi connectivity index (χ0n) is 18.2. The van der Waals surface area contributed by atoms with E-state index in [0.717, 1.165) is 22.4 Å². The average molecular weight is 527 g/mol. The number of aliphatic imine (C=N–C) groups is 1. The van der Waals surface area contributed by atoms with Crippen LogP contribution in [-0.4, -0.2) is 24.6 Å². The van der Waals surface area contributed by atoms with E-state index in [1.165, 1.54) is 12.1 Å². The number of nitrogens with zero attached hydrogens (tertiary/aromatic N) is 2. The van der Waals surface area contributed by atoms with Crippen molar-refractivity contribution in [3.05, 3.63) is 107 Å². The second kappa shape index (κ2) is 10.9. The summed E-state index contributed by atoms with van der Waals surface area (Å²) in [6, 6.07) is 24.4. The molecule has 0 aliphatic carbocycles. The molecule has 0 atom stereocenters. The van der Waals surface area contributed by atoms with E-state index in [2.05, 4.69) is 14.7 Å². The van der Waals surface area contributed by atoms with Crippen molar-refractivity contribution in [3.8, 4) is 22.4 Å². The van der Waals surface area contributed by atoms with Crippen LogP contribution < -0.4 is 10.2 Å². The lowest BCUT2D eigenvalue weighted by molar-refractivity contribution is 0.231. The third-order valence-electron chi connectivity index (χ3n) is 5.03. The first-order valence-corrected chi connectivity index (χ1v) is 12.6. The van der Waals surface area contributed by atoms with Crippen LogP contribution >= 0.6 is 23.2 Å². The van der Waals surface area contributed by atoms with Gasteiger partial charge in [0.1, 0.15) is 0 Å². The summed E-state index contributed by atoms with van der Waals surface area (Å²) >= 11 is 12.1. The summed E-state index contributed by atoms with van der Waals surface area (Å²) in [5, 5.41) is 10.7. The first-order chi connectivity index (χ1) is 16.9. The number of hydrogen-bond donors (Lipinski definition) is 3. The fourth-order valence-corrected chi connectivity index (χ4v) is 4.58. The van der Waals surface area contributed by atoms with Crippen molar-refractivity contribution in [1.29, 1.82) is 0 Å². The van der Waals surface area contributed by atoms with Crippen molar-refractivity contribution >= 4 is 39.2 Å². The summed E-state index contributed by atoms with van der Waals surface area (Å²) in [5.74, 6) is -0.316. The summed E-state index contributed by atoms with van der Waals surface area (Å²) in [5.41, 5.74) is 5.84. The molecule has 178 valence electrons. The van der Waals surface area contributed by atoms with Gasteiger partial charge in [0.2, 0.25) is 5.96 Å². The Balaban J connectivity index is 1.65. The molecule has 3 aromatic carbocycles. The van der Waals surface area contributed by atoms with Gasteiger partial charge in [-0.2, -0.15) is 0 Å². The van der Waals surface area contributed by atoms with E-state index in [0.29, 0.717) is 15.6 Å². The van der Waals surface area contributed by atoms with Gasteiger partial charge in [0.25, 0.3) is 10.0 Å². The highest BCUT2D eigenvalue weighted by molar-refractivity contribution is 7.90. The predicted octanol–water partition coefficient (Wildman–Crippen LogP) is 5.54. The Morgan fingerprint density at radius 3 is 2.09 bits per heavy atom. The zero-order chi connectivity index (χ0) is 24.8. The van der Waals surface area contributed by atoms with Gasteiger partial charge in [0, 0.05) is 27.4 Å². The Labute approximate surface area is 213 Å². The molecule has 1 aromatic heterocycles. The van der Waals surface area contributed by atoms with Gasteiger partial charge < -0.3 is 0 Å². The van der Waals surface area contributed by atoms with Crippen LogP contribution in [0.4, 0.5) is 0 Å². The quantitative estimate of drug-likeness (QED) is 0.174. The second-order valence-corrected chi connectivity index (χ2v) is 10.0. The summed E-state index contributed by atoms with van der Waals surface area (Å²) in [6.45, 7) is 0.0503. The Hall–Kier alpha value is -3.43. The first-order valence-electron chi connectivity index (χ1n) is 10.4. The zero-order valence-corrected chi connectivity index (χ0v) is 20.5. The van der Waals surface area contributed by atoms with Crippen LogP contribution in [0.25, 0.3) is 22.4 Å². The van der Waals surface area contributed by atoms with Crippen LogP contribution in [0.1, 0.15) is 5.56 Å². The molecule has 0 saturated carbocycles. The summed E-state index contributed by atoms with van der Waals surface area (Å²) in [6.07, 6.45) is 1.65. The lowest BCUT2D eigenvalue weighted by Gasteiger charge is -2.12. The number of hydrogen-bond acceptors (Lipinski definition) is 5. The Morgan fingerprint density at radius 1 is 0.886 bits per heavy atom. The van der Waals surface area contributed by atoms with E-state index < -0.39 is 10.0 Å². The maximum Gasteiger partial charge on any atom is 0.264 e. The number of sulfonamides is 1. The highest BCUT2D eigenvalue weighted by atomic mass is 35.5. The van der Waals surface area contributed by atoms with Crippen LogP contribution in [0.5, 0.6) is 0 Å². The molecule has 0 radical (unpaired) electrons. The van der Waals surface area contributed by atoms with Gasteiger partial charge in [-0.1, -0.05) is 65.7 Å². The van der Waals surface area contributed by atoms with Crippen LogP contribution in [0.15, 0.2) is 101 Å². The normalized spacial score (nSPS) is 11.8. The molecule has 3 N–H and O–H groups in total. The molecule has 0 aliphatic rings. The Bertz CT molecular complexity index is 1440. The van der Waals surface area contributed by atoms with E-state index in [1.807, 2.05) is 30.3 Å². The van der Waals surface area contributed by atoms with E-state index in [9.17, 15) is 13.6 Å². The molecular formula is C25H20Cl2N4O3S. The molecule has 4 rings (SSSR count). The monoisotopic (exact) mass is 526 g/mol. The molecule has 0 unspecified atom stereocenters. The van der Waals surface area contributed by atoms with Crippen LogP contribution in [0, 0.1) is 0 Å². The molecule has 7 nitrogen and oxygen atoms in total. The number of hydroxylamine groups is 1. The van der Waals surface area contributed by atoms with Gasteiger partial charge in [0.05, 0.1) is 17.1 Å². The van der Waals surface area contributed by atoms with Gasteiger partial charge in [0.15, 0.2) is 0 Å². The van der Waals surface area contributed by atoms with Gasteiger partial charge in [-0.3, -0.25) is 10.2 Å².